The van der Waals surface area contributed by atoms with Crippen LogP contribution in [0.4, 0.5) is 10.1 Å². The molecular weight excluding hydrogens is 251 g/mol. The first-order valence-corrected chi connectivity index (χ1v) is 7.69. The lowest BCUT2D eigenvalue weighted by atomic mass is 9.95. The van der Waals surface area contributed by atoms with Crippen LogP contribution in [0.25, 0.3) is 0 Å². The van der Waals surface area contributed by atoms with Crippen LogP contribution in [0.1, 0.15) is 57.4 Å². The lowest BCUT2D eigenvalue weighted by molar-refractivity contribution is 0.422. The van der Waals surface area contributed by atoms with Gasteiger partial charge in [-0.15, -0.1) is 0 Å². The van der Waals surface area contributed by atoms with Gasteiger partial charge >= 0.3 is 0 Å². The number of nitrogens with zero attached hydrogens (tertiary/aromatic N) is 1. The van der Waals surface area contributed by atoms with E-state index in [1.807, 2.05) is 6.07 Å². The van der Waals surface area contributed by atoms with Crippen molar-refractivity contribution in [3.8, 4) is 6.07 Å². The van der Waals surface area contributed by atoms with Gasteiger partial charge in [0.25, 0.3) is 0 Å². The number of nitrogens with one attached hydrogen (secondary N) is 1. The highest BCUT2D eigenvalue weighted by Crippen LogP contribution is 2.28. The molecule has 108 valence electrons. The number of anilines is 1. The molecule has 1 N–H and O–H groups in total. The number of hydrogen-bond donors (Lipinski definition) is 1. The first-order chi connectivity index (χ1) is 9.72. The maximum absolute atomic E-state index is 13.3. The van der Waals surface area contributed by atoms with E-state index in [0.717, 1.165) is 11.6 Å². The predicted octanol–water partition coefficient (Wildman–Crippen LogP) is 4.86. The summed E-state index contributed by atoms with van der Waals surface area (Å²) >= 11 is 0. The van der Waals surface area contributed by atoms with E-state index < -0.39 is 5.82 Å². The highest BCUT2D eigenvalue weighted by molar-refractivity contribution is 5.50. The molecule has 0 bridgehead atoms. The second kappa shape index (κ2) is 7.28. The quantitative estimate of drug-likeness (QED) is 0.796. The molecule has 2 atom stereocenters. The molecular formula is C17H23FN2. The number of hydrogen-bond acceptors (Lipinski definition) is 2. The zero-order chi connectivity index (χ0) is 14.4. The summed E-state index contributed by atoms with van der Waals surface area (Å²) in [5.74, 6) is 0.427. The smallest absolute Gasteiger partial charge is 0.141 e. The zero-order valence-corrected chi connectivity index (χ0v) is 12.2. The third kappa shape index (κ3) is 3.96. The SMILES string of the molecule is CCCC1CCCC(Nc2ccc(F)c(C#N)c2)CC1. The molecule has 0 aliphatic heterocycles. The standard InChI is InChI=1S/C17H23FN2/c1-2-4-13-5-3-6-15(8-7-13)20-16-9-10-17(18)14(11-16)12-19/h9-11,13,15,20H,2-8H2,1H3. The Balaban J connectivity index is 1.95. The summed E-state index contributed by atoms with van der Waals surface area (Å²) in [6.45, 7) is 2.25. The molecule has 0 heterocycles. The van der Waals surface area contributed by atoms with Crippen LogP contribution in [0.15, 0.2) is 18.2 Å². The Hall–Kier alpha value is -1.56. The average molecular weight is 274 g/mol. The van der Waals surface area contributed by atoms with Gasteiger partial charge in [-0.05, 0) is 43.4 Å². The van der Waals surface area contributed by atoms with E-state index >= 15 is 0 Å². The second-order valence-corrected chi connectivity index (χ2v) is 5.81. The van der Waals surface area contributed by atoms with Crippen molar-refractivity contribution in [2.75, 3.05) is 5.32 Å². The fraction of sp³-hybridized carbons (Fsp3) is 0.588. The Bertz CT molecular complexity index is 478. The minimum Gasteiger partial charge on any atom is -0.382 e. The van der Waals surface area contributed by atoms with Gasteiger partial charge in [-0.1, -0.05) is 32.6 Å². The summed E-state index contributed by atoms with van der Waals surface area (Å²) in [7, 11) is 0. The number of nitriles is 1. The Labute approximate surface area is 121 Å². The van der Waals surface area contributed by atoms with Crippen LogP contribution in [0.3, 0.4) is 0 Å². The van der Waals surface area contributed by atoms with Crippen molar-refractivity contribution in [2.45, 2.75) is 57.9 Å². The zero-order valence-electron chi connectivity index (χ0n) is 12.2. The molecule has 0 radical (unpaired) electrons. The maximum atomic E-state index is 13.3. The minimum atomic E-state index is -0.443. The first-order valence-electron chi connectivity index (χ1n) is 7.69. The molecule has 0 amide bonds. The molecule has 2 unspecified atom stereocenters. The van der Waals surface area contributed by atoms with Crippen LogP contribution < -0.4 is 5.32 Å². The fourth-order valence-corrected chi connectivity index (χ4v) is 3.16. The molecule has 1 aromatic rings. The van der Waals surface area contributed by atoms with Crippen LogP contribution in [0, 0.1) is 23.1 Å². The second-order valence-electron chi connectivity index (χ2n) is 5.81. The lowest BCUT2D eigenvalue weighted by Crippen LogP contribution is -2.18. The van der Waals surface area contributed by atoms with Crippen molar-refractivity contribution in [3.63, 3.8) is 0 Å². The monoisotopic (exact) mass is 274 g/mol. The Morgan fingerprint density at radius 2 is 2.15 bits per heavy atom. The molecule has 1 fully saturated rings. The largest absolute Gasteiger partial charge is 0.382 e. The van der Waals surface area contributed by atoms with Gasteiger partial charge < -0.3 is 5.32 Å². The summed E-state index contributed by atoms with van der Waals surface area (Å²) in [4.78, 5) is 0. The van der Waals surface area contributed by atoms with Gasteiger partial charge in [0.05, 0.1) is 5.56 Å². The van der Waals surface area contributed by atoms with E-state index in [1.165, 1.54) is 51.0 Å². The van der Waals surface area contributed by atoms with Crippen LogP contribution in [-0.4, -0.2) is 6.04 Å². The molecule has 0 saturated heterocycles. The molecule has 1 aliphatic rings. The molecule has 2 rings (SSSR count). The topological polar surface area (TPSA) is 35.8 Å². The van der Waals surface area contributed by atoms with Crippen molar-refractivity contribution in [3.05, 3.63) is 29.6 Å². The van der Waals surface area contributed by atoms with Crippen LogP contribution in [0.2, 0.25) is 0 Å². The summed E-state index contributed by atoms with van der Waals surface area (Å²) in [6.07, 6.45) is 8.81. The molecule has 0 spiro atoms. The summed E-state index contributed by atoms with van der Waals surface area (Å²) in [6, 6.07) is 7.06. The summed E-state index contributed by atoms with van der Waals surface area (Å²) in [5.41, 5.74) is 0.981. The van der Waals surface area contributed by atoms with Gasteiger partial charge in [0.15, 0.2) is 0 Å². The predicted molar refractivity (Wildman–Crippen MR) is 80.0 cm³/mol. The van der Waals surface area contributed by atoms with Gasteiger partial charge in [-0.3, -0.25) is 0 Å². The van der Waals surface area contributed by atoms with E-state index in [-0.39, 0.29) is 5.56 Å². The van der Waals surface area contributed by atoms with Crippen molar-refractivity contribution in [1.29, 1.82) is 5.26 Å². The summed E-state index contributed by atoms with van der Waals surface area (Å²) in [5, 5.41) is 12.3. The van der Waals surface area contributed by atoms with Crippen LogP contribution in [-0.2, 0) is 0 Å². The van der Waals surface area contributed by atoms with Crippen LogP contribution in [0.5, 0.6) is 0 Å². The average Bonchev–Trinajstić information content (AvgIpc) is 2.67. The third-order valence-electron chi connectivity index (χ3n) is 4.24. The highest BCUT2D eigenvalue weighted by Gasteiger charge is 2.18. The maximum Gasteiger partial charge on any atom is 0.141 e. The van der Waals surface area contributed by atoms with Gasteiger partial charge in [0.2, 0.25) is 0 Å². The first kappa shape index (κ1) is 14.8. The van der Waals surface area contributed by atoms with Crippen molar-refractivity contribution < 1.29 is 4.39 Å². The molecule has 0 aromatic heterocycles. The Kier molecular flexibility index (Phi) is 5.40. The molecule has 1 aromatic carbocycles. The molecule has 2 nitrogen and oxygen atoms in total. The van der Waals surface area contributed by atoms with E-state index in [0.29, 0.717) is 6.04 Å². The fourth-order valence-electron chi connectivity index (χ4n) is 3.16. The molecule has 20 heavy (non-hydrogen) atoms. The number of halogens is 1. The Morgan fingerprint density at radius 3 is 2.90 bits per heavy atom. The van der Waals surface area contributed by atoms with Gasteiger partial charge in [0.1, 0.15) is 11.9 Å². The number of benzene rings is 1. The van der Waals surface area contributed by atoms with Crippen molar-refractivity contribution >= 4 is 5.69 Å². The molecule has 3 heteroatoms. The third-order valence-corrected chi connectivity index (χ3v) is 4.24. The molecule has 1 aliphatic carbocycles. The van der Waals surface area contributed by atoms with Gasteiger partial charge in [-0.2, -0.15) is 5.26 Å². The number of rotatable bonds is 4. The van der Waals surface area contributed by atoms with Crippen molar-refractivity contribution in [2.24, 2.45) is 5.92 Å². The van der Waals surface area contributed by atoms with E-state index in [2.05, 4.69) is 12.2 Å². The highest BCUT2D eigenvalue weighted by atomic mass is 19.1. The normalized spacial score (nSPS) is 22.9. The van der Waals surface area contributed by atoms with E-state index in [1.54, 1.807) is 12.1 Å². The summed E-state index contributed by atoms with van der Waals surface area (Å²) < 4.78 is 13.3. The van der Waals surface area contributed by atoms with E-state index in [9.17, 15) is 4.39 Å². The van der Waals surface area contributed by atoms with Crippen LogP contribution >= 0.6 is 0 Å². The minimum absolute atomic E-state index is 0.118. The molecule has 1 saturated carbocycles. The van der Waals surface area contributed by atoms with Gasteiger partial charge in [-0.25, -0.2) is 4.39 Å². The Morgan fingerprint density at radius 1 is 1.30 bits per heavy atom. The van der Waals surface area contributed by atoms with Gasteiger partial charge in [0, 0.05) is 11.7 Å². The van der Waals surface area contributed by atoms with E-state index in [4.69, 9.17) is 5.26 Å². The van der Waals surface area contributed by atoms with Crippen molar-refractivity contribution in [1.82, 2.24) is 0 Å². The lowest BCUT2D eigenvalue weighted by Gasteiger charge is -2.18.